The number of aromatic nitrogens is 2. The molecular formula is C17H29N3. The molecule has 2 N–H and O–H groups in total. The molecule has 3 rings (SSSR count). The van der Waals surface area contributed by atoms with Gasteiger partial charge in [0.1, 0.15) is 11.6 Å². The van der Waals surface area contributed by atoms with Crippen LogP contribution in [0.2, 0.25) is 0 Å². The van der Waals surface area contributed by atoms with E-state index in [1.807, 2.05) is 0 Å². The minimum Gasteiger partial charge on any atom is -0.384 e. The third kappa shape index (κ3) is 2.36. The lowest BCUT2D eigenvalue weighted by molar-refractivity contribution is 0.349. The van der Waals surface area contributed by atoms with Crippen molar-refractivity contribution < 1.29 is 0 Å². The zero-order valence-corrected chi connectivity index (χ0v) is 13.3. The topological polar surface area (TPSA) is 43.8 Å². The van der Waals surface area contributed by atoms with Gasteiger partial charge < -0.3 is 10.3 Å². The fraction of sp³-hybridized carbons (Fsp3) is 0.824. The van der Waals surface area contributed by atoms with Gasteiger partial charge in [-0.15, -0.1) is 0 Å². The number of nitrogen functional groups attached to an aromatic ring is 1. The minimum absolute atomic E-state index is 0.0336. The molecule has 0 saturated heterocycles. The van der Waals surface area contributed by atoms with Crippen LogP contribution in [0, 0.1) is 0 Å². The van der Waals surface area contributed by atoms with Crippen LogP contribution in [0.3, 0.4) is 0 Å². The van der Waals surface area contributed by atoms with Crippen molar-refractivity contribution >= 4 is 5.82 Å². The van der Waals surface area contributed by atoms with E-state index in [2.05, 4.69) is 25.3 Å². The van der Waals surface area contributed by atoms with Gasteiger partial charge in [0.2, 0.25) is 0 Å². The Morgan fingerprint density at radius 3 is 2.05 bits per heavy atom. The highest BCUT2D eigenvalue weighted by Crippen LogP contribution is 2.43. The summed E-state index contributed by atoms with van der Waals surface area (Å²) in [7, 11) is 0. The van der Waals surface area contributed by atoms with Crippen molar-refractivity contribution in [2.45, 2.75) is 89.5 Å². The molecule has 3 heteroatoms. The Morgan fingerprint density at radius 1 is 0.950 bits per heavy atom. The van der Waals surface area contributed by atoms with Crippen LogP contribution in [0.4, 0.5) is 5.82 Å². The van der Waals surface area contributed by atoms with E-state index in [1.165, 1.54) is 62.9 Å². The molecule has 1 aromatic heterocycles. The van der Waals surface area contributed by atoms with Crippen molar-refractivity contribution in [3.05, 3.63) is 11.5 Å². The molecule has 0 atom stereocenters. The second-order valence-corrected chi connectivity index (χ2v) is 7.71. The smallest absolute Gasteiger partial charge is 0.127 e. The summed E-state index contributed by atoms with van der Waals surface area (Å²) >= 11 is 0. The van der Waals surface area contributed by atoms with Gasteiger partial charge >= 0.3 is 0 Å². The molecular weight excluding hydrogens is 246 g/mol. The van der Waals surface area contributed by atoms with Gasteiger partial charge in [-0.1, -0.05) is 25.7 Å². The lowest BCUT2D eigenvalue weighted by atomic mass is 9.83. The van der Waals surface area contributed by atoms with Crippen LogP contribution in [0.15, 0.2) is 0 Å². The number of imidazole rings is 1. The lowest BCUT2D eigenvalue weighted by Crippen LogP contribution is -2.27. The van der Waals surface area contributed by atoms with Gasteiger partial charge in [-0.3, -0.25) is 0 Å². The number of rotatable bonds is 2. The van der Waals surface area contributed by atoms with Crippen LogP contribution >= 0.6 is 0 Å². The van der Waals surface area contributed by atoms with Crippen LogP contribution in [0.5, 0.6) is 0 Å². The number of nitrogens with two attached hydrogens (primary N) is 1. The van der Waals surface area contributed by atoms with E-state index >= 15 is 0 Å². The summed E-state index contributed by atoms with van der Waals surface area (Å²) in [5.74, 6) is 3.47. The molecule has 0 spiro atoms. The van der Waals surface area contributed by atoms with E-state index in [0.717, 1.165) is 5.82 Å². The third-order valence-electron chi connectivity index (χ3n) is 5.10. The molecule has 2 saturated carbocycles. The molecule has 1 heterocycles. The van der Waals surface area contributed by atoms with Crippen molar-refractivity contribution in [2.75, 3.05) is 5.73 Å². The summed E-state index contributed by atoms with van der Waals surface area (Å²) in [4.78, 5) is 5.06. The predicted molar refractivity (Wildman–Crippen MR) is 84.1 cm³/mol. The predicted octanol–water partition coefficient (Wildman–Crippen LogP) is 4.54. The summed E-state index contributed by atoms with van der Waals surface area (Å²) in [6.45, 7) is 6.76. The van der Waals surface area contributed by atoms with Crippen molar-refractivity contribution in [1.29, 1.82) is 0 Å². The number of anilines is 1. The molecule has 1 aromatic rings. The Bertz CT molecular complexity index is 471. The molecule has 3 nitrogen and oxygen atoms in total. The fourth-order valence-electron chi connectivity index (χ4n) is 3.79. The zero-order chi connectivity index (χ0) is 14.3. The summed E-state index contributed by atoms with van der Waals surface area (Å²) in [5.41, 5.74) is 7.74. The van der Waals surface area contributed by atoms with Crippen molar-refractivity contribution in [1.82, 2.24) is 9.55 Å². The van der Waals surface area contributed by atoms with Crippen LogP contribution < -0.4 is 5.73 Å². The van der Waals surface area contributed by atoms with Crippen molar-refractivity contribution in [3.63, 3.8) is 0 Å². The van der Waals surface area contributed by atoms with Gasteiger partial charge in [-0.05, 0) is 46.5 Å². The second kappa shape index (κ2) is 5.09. The van der Waals surface area contributed by atoms with Crippen LogP contribution in [-0.4, -0.2) is 9.55 Å². The number of nitrogens with zero attached hydrogens (tertiary/aromatic N) is 2. The highest BCUT2D eigenvalue weighted by molar-refractivity contribution is 5.43. The van der Waals surface area contributed by atoms with E-state index in [9.17, 15) is 0 Å². The Labute approximate surface area is 123 Å². The van der Waals surface area contributed by atoms with Crippen LogP contribution in [-0.2, 0) is 5.54 Å². The highest BCUT2D eigenvalue weighted by atomic mass is 15.2. The average molecular weight is 275 g/mol. The van der Waals surface area contributed by atoms with Gasteiger partial charge in [0.05, 0.1) is 5.69 Å². The normalized spacial score (nSPS) is 21.9. The maximum absolute atomic E-state index is 6.51. The molecule has 20 heavy (non-hydrogen) atoms. The molecule has 112 valence electrons. The van der Waals surface area contributed by atoms with Gasteiger partial charge in [0.15, 0.2) is 0 Å². The Morgan fingerprint density at radius 2 is 1.55 bits per heavy atom. The fourth-order valence-corrected chi connectivity index (χ4v) is 3.79. The molecule has 0 unspecified atom stereocenters. The summed E-state index contributed by atoms with van der Waals surface area (Å²) in [6, 6.07) is 0. The zero-order valence-electron chi connectivity index (χ0n) is 13.3. The minimum atomic E-state index is 0.0336. The Kier molecular flexibility index (Phi) is 3.55. The molecule has 2 fully saturated rings. The first-order chi connectivity index (χ1) is 9.48. The largest absolute Gasteiger partial charge is 0.384 e. The van der Waals surface area contributed by atoms with E-state index in [0.29, 0.717) is 11.8 Å². The molecule has 0 amide bonds. The van der Waals surface area contributed by atoms with E-state index in [1.54, 1.807) is 0 Å². The molecule has 2 aliphatic carbocycles. The van der Waals surface area contributed by atoms with E-state index in [4.69, 9.17) is 10.7 Å². The first kappa shape index (κ1) is 14.0. The standard InChI is InChI=1S/C17H29N3/c1-17(2,3)20-15(18)14(12-10-7-11-12)19-16(20)13-8-5-4-6-9-13/h12-13H,4-11,18H2,1-3H3. The van der Waals surface area contributed by atoms with Crippen LogP contribution in [0.25, 0.3) is 0 Å². The van der Waals surface area contributed by atoms with E-state index in [-0.39, 0.29) is 5.54 Å². The lowest BCUT2D eigenvalue weighted by Gasteiger charge is -2.30. The molecule has 0 aromatic carbocycles. The molecule has 2 aliphatic rings. The second-order valence-electron chi connectivity index (χ2n) is 7.71. The Hall–Kier alpha value is -0.990. The number of hydrogen-bond acceptors (Lipinski definition) is 2. The first-order valence-electron chi connectivity index (χ1n) is 8.37. The van der Waals surface area contributed by atoms with Crippen molar-refractivity contribution in [3.8, 4) is 0 Å². The third-order valence-corrected chi connectivity index (χ3v) is 5.10. The average Bonchev–Trinajstić information content (AvgIpc) is 2.66. The number of hydrogen-bond donors (Lipinski definition) is 1. The maximum atomic E-state index is 6.51. The van der Waals surface area contributed by atoms with Crippen LogP contribution in [0.1, 0.15) is 95.5 Å². The monoisotopic (exact) mass is 275 g/mol. The molecule has 0 aliphatic heterocycles. The maximum Gasteiger partial charge on any atom is 0.127 e. The first-order valence-corrected chi connectivity index (χ1v) is 8.37. The van der Waals surface area contributed by atoms with Crippen molar-refractivity contribution in [2.24, 2.45) is 0 Å². The Balaban J connectivity index is 2.01. The molecule has 0 radical (unpaired) electrons. The van der Waals surface area contributed by atoms with Gasteiger partial charge in [0, 0.05) is 17.4 Å². The SMILES string of the molecule is CC(C)(C)n1c(C2CCCCC2)nc(C2CCC2)c1N. The summed E-state index contributed by atoms with van der Waals surface area (Å²) in [5, 5.41) is 0. The molecule has 0 bridgehead atoms. The van der Waals surface area contributed by atoms with E-state index < -0.39 is 0 Å². The van der Waals surface area contributed by atoms with Gasteiger partial charge in [0.25, 0.3) is 0 Å². The summed E-state index contributed by atoms with van der Waals surface area (Å²) in [6.07, 6.45) is 10.5. The quantitative estimate of drug-likeness (QED) is 0.861. The van der Waals surface area contributed by atoms with Gasteiger partial charge in [-0.2, -0.15) is 0 Å². The highest BCUT2D eigenvalue weighted by Gasteiger charge is 2.33. The summed E-state index contributed by atoms with van der Waals surface area (Å²) < 4.78 is 2.34. The van der Waals surface area contributed by atoms with Gasteiger partial charge in [-0.25, -0.2) is 4.98 Å².